The van der Waals surface area contributed by atoms with Crippen LogP contribution in [0.1, 0.15) is 51.4 Å². The molecule has 1 aromatic heterocycles. The Hall–Kier alpha value is -2.81. The molecule has 1 atom stereocenters. The van der Waals surface area contributed by atoms with Gasteiger partial charge in [0.15, 0.2) is 0 Å². The number of carbonyl (C=O) groups is 1. The van der Waals surface area contributed by atoms with Crippen LogP contribution in [-0.2, 0) is 6.54 Å². The molecule has 3 rings (SSSR count). The largest absolute Gasteiger partial charge is 0.344 e. The van der Waals surface area contributed by atoms with Crippen molar-refractivity contribution in [2.75, 3.05) is 0 Å². The maximum absolute atomic E-state index is 13.0. The van der Waals surface area contributed by atoms with Gasteiger partial charge in [-0.05, 0) is 50.5 Å². The van der Waals surface area contributed by atoms with E-state index >= 15 is 0 Å². The molecule has 134 valence electrons. The van der Waals surface area contributed by atoms with Crippen molar-refractivity contribution in [3.8, 4) is 0 Å². The van der Waals surface area contributed by atoms with Crippen molar-refractivity contribution in [1.82, 2.24) is 9.88 Å². The average Bonchev–Trinajstić information content (AvgIpc) is 2.91. The van der Waals surface area contributed by atoms with Crippen LogP contribution >= 0.6 is 0 Å². The van der Waals surface area contributed by atoms with Crippen LogP contribution in [-0.4, -0.2) is 10.5 Å². The predicted octanol–water partition coefficient (Wildman–Crippen LogP) is 4.95. The van der Waals surface area contributed by atoms with Crippen LogP contribution < -0.4 is 5.32 Å². The normalized spacial score (nSPS) is 12.0. The molecule has 1 N–H and O–H groups in total. The molecular weight excluding hydrogens is 320 g/mol. The van der Waals surface area contributed by atoms with Gasteiger partial charge in [-0.25, -0.2) is 0 Å². The lowest BCUT2D eigenvalue weighted by atomic mass is 10.1. The number of hydrogen-bond donors (Lipinski definition) is 1. The van der Waals surface area contributed by atoms with Gasteiger partial charge in [-0.15, -0.1) is 0 Å². The molecular formula is C23H26N2O. The highest BCUT2D eigenvalue weighted by atomic mass is 16.2. The second kappa shape index (κ2) is 7.61. The molecule has 0 bridgehead atoms. The van der Waals surface area contributed by atoms with Gasteiger partial charge in [0.05, 0.1) is 6.04 Å². The summed E-state index contributed by atoms with van der Waals surface area (Å²) in [6, 6.07) is 20.6. The summed E-state index contributed by atoms with van der Waals surface area (Å²) in [5.74, 6) is -0.0286. The van der Waals surface area contributed by atoms with Crippen LogP contribution in [0.25, 0.3) is 0 Å². The predicted molar refractivity (Wildman–Crippen MR) is 107 cm³/mol. The van der Waals surface area contributed by atoms with E-state index in [1.165, 1.54) is 11.1 Å². The quantitative estimate of drug-likeness (QED) is 0.696. The zero-order chi connectivity index (χ0) is 18.7. The number of carbonyl (C=O) groups excluding carboxylic acids is 1. The van der Waals surface area contributed by atoms with Gasteiger partial charge in [-0.1, -0.05) is 60.2 Å². The summed E-state index contributed by atoms with van der Waals surface area (Å²) in [4.78, 5) is 13.0. The van der Waals surface area contributed by atoms with Crippen molar-refractivity contribution in [1.29, 1.82) is 0 Å². The molecule has 1 heterocycles. The smallest absolute Gasteiger partial charge is 0.268 e. The summed E-state index contributed by atoms with van der Waals surface area (Å²) < 4.78 is 2.10. The Morgan fingerprint density at radius 2 is 1.65 bits per heavy atom. The summed E-state index contributed by atoms with van der Waals surface area (Å²) in [5.41, 5.74) is 6.38. The molecule has 3 nitrogen and oxygen atoms in total. The standard InChI is InChI=1S/C23H26N2O/c1-16-10-12-20(13-11-16)15-25-18(3)14-17(2)22(25)23(26)24-19(4)21-8-6-5-7-9-21/h5-14,19H,15H2,1-4H3,(H,24,26). The van der Waals surface area contributed by atoms with E-state index in [4.69, 9.17) is 0 Å². The first-order valence-corrected chi connectivity index (χ1v) is 9.04. The average molecular weight is 346 g/mol. The first-order valence-electron chi connectivity index (χ1n) is 9.04. The Balaban J connectivity index is 1.85. The SMILES string of the molecule is Cc1ccc(Cn2c(C)cc(C)c2C(=O)NC(C)c2ccccc2)cc1. The molecule has 1 unspecified atom stereocenters. The third-order valence-corrected chi connectivity index (χ3v) is 4.82. The van der Waals surface area contributed by atoms with Crippen LogP contribution in [0.3, 0.4) is 0 Å². The van der Waals surface area contributed by atoms with Gasteiger partial charge in [-0.2, -0.15) is 0 Å². The van der Waals surface area contributed by atoms with Crippen molar-refractivity contribution in [3.63, 3.8) is 0 Å². The number of rotatable bonds is 5. The number of aryl methyl sites for hydroxylation is 3. The van der Waals surface area contributed by atoms with Crippen LogP contribution in [0.15, 0.2) is 60.7 Å². The monoisotopic (exact) mass is 346 g/mol. The lowest BCUT2D eigenvalue weighted by molar-refractivity contribution is 0.0930. The number of amides is 1. The minimum atomic E-state index is -0.0360. The fourth-order valence-corrected chi connectivity index (χ4v) is 3.32. The van der Waals surface area contributed by atoms with Crippen molar-refractivity contribution in [2.24, 2.45) is 0 Å². The highest BCUT2D eigenvalue weighted by Crippen LogP contribution is 2.19. The molecule has 0 aliphatic rings. The maximum atomic E-state index is 13.0. The zero-order valence-corrected chi connectivity index (χ0v) is 15.9. The highest BCUT2D eigenvalue weighted by molar-refractivity contribution is 5.94. The highest BCUT2D eigenvalue weighted by Gasteiger charge is 2.19. The molecule has 3 heteroatoms. The molecule has 0 aliphatic carbocycles. The number of nitrogens with one attached hydrogen (secondary N) is 1. The van der Waals surface area contributed by atoms with Crippen LogP contribution in [0.2, 0.25) is 0 Å². The van der Waals surface area contributed by atoms with Crippen molar-refractivity contribution in [3.05, 3.63) is 94.3 Å². The number of hydrogen-bond acceptors (Lipinski definition) is 1. The van der Waals surface area contributed by atoms with E-state index < -0.39 is 0 Å². The summed E-state index contributed by atoms with van der Waals surface area (Å²) in [5, 5.41) is 3.14. The van der Waals surface area contributed by atoms with Gasteiger partial charge < -0.3 is 9.88 Å². The van der Waals surface area contributed by atoms with E-state index in [0.29, 0.717) is 6.54 Å². The molecule has 0 fully saturated rings. The van der Waals surface area contributed by atoms with E-state index in [2.05, 4.69) is 54.1 Å². The molecule has 3 aromatic rings. The first kappa shape index (κ1) is 18.0. The molecule has 1 amide bonds. The Morgan fingerprint density at radius 3 is 2.31 bits per heavy atom. The molecule has 0 aliphatic heterocycles. The van der Waals surface area contributed by atoms with Gasteiger partial charge in [0.25, 0.3) is 5.91 Å². The molecule has 0 saturated carbocycles. The van der Waals surface area contributed by atoms with Gasteiger partial charge >= 0.3 is 0 Å². The lowest BCUT2D eigenvalue weighted by Crippen LogP contribution is -2.29. The minimum Gasteiger partial charge on any atom is -0.344 e. The van der Waals surface area contributed by atoms with Crippen molar-refractivity contribution < 1.29 is 4.79 Å². The Labute approximate surface area is 155 Å². The van der Waals surface area contributed by atoms with Crippen LogP contribution in [0.4, 0.5) is 0 Å². The first-order chi connectivity index (χ1) is 12.5. The van der Waals surface area contributed by atoms with Gasteiger partial charge in [0, 0.05) is 12.2 Å². The third kappa shape index (κ3) is 3.88. The fourth-order valence-electron chi connectivity index (χ4n) is 3.32. The second-order valence-electron chi connectivity index (χ2n) is 6.99. The molecule has 26 heavy (non-hydrogen) atoms. The summed E-state index contributed by atoms with van der Waals surface area (Å²) in [6.45, 7) is 8.85. The van der Waals surface area contributed by atoms with Crippen molar-refractivity contribution >= 4 is 5.91 Å². The Bertz CT molecular complexity index is 892. The van der Waals surface area contributed by atoms with Crippen LogP contribution in [0.5, 0.6) is 0 Å². The summed E-state index contributed by atoms with van der Waals surface area (Å²) in [6.07, 6.45) is 0. The second-order valence-corrected chi connectivity index (χ2v) is 6.99. The third-order valence-electron chi connectivity index (χ3n) is 4.82. The Kier molecular flexibility index (Phi) is 5.27. The van der Waals surface area contributed by atoms with E-state index in [-0.39, 0.29) is 11.9 Å². The summed E-state index contributed by atoms with van der Waals surface area (Å²) >= 11 is 0. The number of aromatic nitrogens is 1. The van der Waals surface area contributed by atoms with E-state index in [9.17, 15) is 4.79 Å². The summed E-state index contributed by atoms with van der Waals surface area (Å²) in [7, 11) is 0. The number of benzene rings is 2. The molecule has 0 radical (unpaired) electrons. The van der Waals surface area contributed by atoms with Crippen molar-refractivity contribution in [2.45, 2.75) is 40.3 Å². The molecule has 2 aromatic carbocycles. The molecule has 0 saturated heterocycles. The maximum Gasteiger partial charge on any atom is 0.268 e. The van der Waals surface area contributed by atoms with E-state index in [1.54, 1.807) is 0 Å². The van der Waals surface area contributed by atoms with Gasteiger partial charge in [0.2, 0.25) is 0 Å². The fraction of sp³-hybridized carbons (Fsp3) is 0.261. The van der Waals surface area contributed by atoms with Crippen LogP contribution in [0, 0.1) is 20.8 Å². The number of nitrogens with zero attached hydrogens (tertiary/aromatic N) is 1. The minimum absolute atomic E-state index is 0.0286. The van der Waals surface area contributed by atoms with Gasteiger partial charge in [0.1, 0.15) is 5.69 Å². The zero-order valence-electron chi connectivity index (χ0n) is 15.9. The lowest BCUT2D eigenvalue weighted by Gasteiger charge is -2.17. The topological polar surface area (TPSA) is 34.0 Å². The van der Waals surface area contributed by atoms with E-state index in [1.807, 2.05) is 44.2 Å². The Morgan fingerprint density at radius 1 is 1.00 bits per heavy atom. The molecule has 0 spiro atoms. The van der Waals surface area contributed by atoms with Gasteiger partial charge in [-0.3, -0.25) is 4.79 Å². The van der Waals surface area contributed by atoms with E-state index in [0.717, 1.165) is 22.5 Å².